The number of sulfonamides is 1. The molecule has 0 saturated heterocycles. The number of nitrogens with zero attached hydrogens (tertiary/aromatic N) is 2. The van der Waals surface area contributed by atoms with Crippen LogP contribution in [0.3, 0.4) is 0 Å². The minimum atomic E-state index is -3.72. The van der Waals surface area contributed by atoms with Gasteiger partial charge in [0.2, 0.25) is 10.0 Å². The molecule has 0 saturated carbocycles. The molecule has 138 valence electrons. The number of carbonyl (C=O) groups is 1. The van der Waals surface area contributed by atoms with Crippen LogP contribution in [0.25, 0.3) is 0 Å². The van der Waals surface area contributed by atoms with Crippen LogP contribution in [0.5, 0.6) is 11.5 Å². The number of fused-ring (bicyclic) bond motifs is 1. The first kappa shape index (κ1) is 18.2. The van der Waals surface area contributed by atoms with Crippen LogP contribution in [0.1, 0.15) is 16.1 Å². The topological polar surface area (TPSA) is 95.0 Å². The Kier molecular flexibility index (Phi) is 5.10. The van der Waals surface area contributed by atoms with Gasteiger partial charge < -0.3 is 14.2 Å². The normalized spacial score (nSPS) is 14.7. The van der Waals surface area contributed by atoms with Crippen molar-refractivity contribution in [3.05, 3.63) is 47.8 Å². The highest BCUT2D eigenvalue weighted by Crippen LogP contribution is 2.27. The summed E-state index contributed by atoms with van der Waals surface area (Å²) in [5, 5.41) is 0. The SMILES string of the molecule is COC(=O)c1cnc2c(c1)OCCN(S(=O)(=O)c1ccc(OC)cc1)C2. The number of ether oxygens (including phenoxy) is 3. The number of rotatable bonds is 4. The Morgan fingerprint density at radius 3 is 2.62 bits per heavy atom. The van der Waals surface area contributed by atoms with E-state index in [2.05, 4.69) is 9.72 Å². The summed E-state index contributed by atoms with van der Waals surface area (Å²) in [5.41, 5.74) is 0.685. The quantitative estimate of drug-likeness (QED) is 0.743. The fourth-order valence-corrected chi connectivity index (χ4v) is 3.94. The number of hydrogen-bond acceptors (Lipinski definition) is 7. The molecule has 9 heteroatoms. The van der Waals surface area contributed by atoms with Crippen molar-refractivity contribution in [3.63, 3.8) is 0 Å². The number of hydrogen-bond donors (Lipinski definition) is 0. The fourth-order valence-electron chi connectivity index (χ4n) is 2.55. The number of esters is 1. The highest BCUT2D eigenvalue weighted by molar-refractivity contribution is 7.89. The Labute approximate surface area is 151 Å². The van der Waals surface area contributed by atoms with Gasteiger partial charge in [0.05, 0.1) is 36.9 Å². The molecule has 0 spiro atoms. The molecule has 1 aromatic heterocycles. The van der Waals surface area contributed by atoms with Crippen molar-refractivity contribution in [3.8, 4) is 11.5 Å². The van der Waals surface area contributed by atoms with Crippen LogP contribution in [0, 0.1) is 0 Å². The van der Waals surface area contributed by atoms with E-state index in [0.29, 0.717) is 17.2 Å². The monoisotopic (exact) mass is 378 g/mol. The van der Waals surface area contributed by atoms with Gasteiger partial charge in [-0.25, -0.2) is 13.2 Å². The maximum Gasteiger partial charge on any atom is 0.339 e. The first-order valence-electron chi connectivity index (χ1n) is 7.80. The zero-order valence-corrected chi connectivity index (χ0v) is 15.2. The second kappa shape index (κ2) is 7.30. The molecular weight excluding hydrogens is 360 g/mol. The average molecular weight is 378 g/mol. The highest BCUT2D eigenvalue weighted by atomic mass is 32.2. The van der Waals surface area contributed by atoms with Gasteiger partial charge in [0.1, 0.15) is 18.1 Å². The molecule has 0 aliphatic carbocycles. The maximum absolute atomic E-state index is 12.9. The number of methoxy groups -OCH3 is 2. The van der Waals surface area contributed by atoms with Gasteiger partial charge in [0.25, 0.3) is 0 Å². The van der Waals surface area contributed by atoms with Gasteiger partial charge in [-0.05, 0) is 30.3 Å². The Bertz CT molecular complexity index is 911. The van der Waals surface area contributed by atoms with Gasteiger partial charge >= 0.3 is 5.97 Å². The van der Waals surface area contributed by atoms with Gasteiger partial charge in [0, 0.05) is 12.7 Å². The van der Waals surface area contributed by atoms with Crippen LogP contribution in [-0.2, 0) is 21.3 Å². The molecule has 0 atom stereocenters. The van der Waals surface area contributed by atoms with Crippen LogP contribution in [0.2, 0.25) is 0 Å². The summed E-state index contributed by atoms with van der Waals surface area (Å²) in [5.74, 6) is 0.418. The average Bonchev–Trinajstić information content (AvgIpc) is 2.89. The number of aromatic nitrogens is 1. The lowest BCUT2D eigenvalue weighted by molar-refractivity contribution is 0.0599. The molecule has 26 heavy (non-hydrogen) atoms. The Hall–Kier alpha value is -2.65. The number of carbonyl (C=O) groups excluding carboxylic acids is 1. The van der Waals surface area contributed by atoms with E-state index < -0.39 is 16.0 Å². The molecule has 0 amide bonds. The smallest absolute Gasteiger partial charge is 0.339 e. The van der Waals surface area contributed by atoms with Gasteiger partial charge in [-0.15, -0.1) is 0 Å². The molecule has 1 aromatic carbocycles. The third kappa shape index (κ3) is 3.49. The fraction of sp³-hybridized carbons (Fsp3) is 0.294. The van der Waals surface area contributed by atoms with Crippen LogP contribution in [-0.4, -0.2) is 51.0 Å². The summed E-state index contributed by atoms with van der Waals surface area (Å²) in [6.07, 6.45) is 1.34. The second-order valence-electron chi connectivity index (χ2n) is 5.52. The number of benzene rings is 1. The summed E-state index contributed by atoms with van der Waals surface area (Å²) in [6, 6.07) is 7.69. The third-order valence-electron chi connectivity index (χ3n) is 3.97. The van der Waals surface area contributed by atoms with E-state index in [4.69, 9.17) is 9.47 Å². The molecule has 0 N–H and O–H groups in total. The zero-order chi connectivity index (χ0) is 18.7. The van der Waals surface area contributed by atoms with Crippen LogP contribution in [0.4, 0.5) is 0 Å². The van der Waals surface area contributed by atoms with Crippen molar-refractivity contribution in [2.24, 2.45) is 0 Å². The van der Waals surface area contributed by atoms with Crippen LogP contribution >= 0.6 is 0 Å². The predicted octanol–water partition coefficient (Wildman–Crippen LogP) is 1.46. The van der Waals surface area contributed by atoms with Gasteiger partial charge in [0.15, 0.2) is 0 Å². The van der Waals surface area contributed by atoms with Crippen molar-refractivity contribution in [1.82, 2.24) is 9.29 Å². The molecule has 3 rings (SSSR count). The lowest BCUT2D eigenvalue weighted by Crippen LogP contribution is -2.32. The number of pyridine rings is 1. The van der Waals surface area contributed by atoms with E-state index in [1.54, 1.807) is 12.1 Å². The lowest BCUT2D eigenvalue weighted by Gasteiger charge is -2.19. The van der Waals surface area contributed by atoms with E-state index in [0.717, 1.165) is 0 Å². The Balaban J connectivity index is 1.89. The van der Waals surface area contributed by atoms with E-state index in [-0.39, 0.29) is 30.2 Å². The third-order valence-corrected chi connectivity index (χ3v) is 5.83. The second-order valence-corrected chi connectivity index (χ2v) is 7.46. The van der Waals surface area contributed by atoms with Crippen molar-refractivity contribution in [1.29, 1.82) is 0 Å². The molecule has 0 fully saturated rings. The first-order chi connectivity index (χ1) is 12.5. The molecule has 0 unspecified atom stereocenters. The summed E-state index contributed by atoms with van der Waals surface area (Å²) in [7, 11) is -0.927. The molecule has 1 aliphatic heterocycles. The first-order valence-corrected chi connectivity index (χ1v) is 9.24. The zero-order valence-electron chi connectivity index (χ0n) is 14.3. The molecule has 2 aromatic rings. The maximum atomic E-state index is 12.9. The van der Waals surface area contributed by atoms with Crippen molar-refractivity contribution < 1.29 is 27.4 Å². The Morgan fingerprint density at radius 2 is 1.96 bits per heavy atom. The van der Waals surface area contributed by atoms with Crippen LogP contribution in [0.15, 0.2) is 41.4 Å². The highest BCUT2D eigenvalue weighted by Gasteiger charge is 2.29. The minimum Gasteiger partial charge on any atom is -0.497 e. The predicted molar refractivity (Wildman–Crippen MR) is 91.7 cm³/mol. The van der Waals surface area contributed by atoms with Gasteiger partial charge in [-0.1, -0.05) is 0 Å². The lowest BCUT2D eigenvalue weighted by atomic mass is 10.2. The van der Waals surface area contributed by atoms with Crippen molar-refractivity contribution >= 4 is 16.0 Å². The molecule has 1 aliphatic rings. The molecule has 2 heterocycles. The van der Waals surface area contributed by atoms with Gasteiger partial charge in [-0.3, -0.25) is 4.98 Å². The minimum absolute atomic E-state index is 0.0468. The van der Waals surface area contributed by atoms with Crippen LogP contribution < -0.4 is 9.47 Å². The van der Waals surface area contributed by atoms with E-state index in [9.17, 15) is 13.2 Å². The summed E-state index contributed by atoms with van der Waals surface area (Å²) >= 11 is 0. The molecule has 8 nitrogen and oxygen atoms in total. The largest absolute Gasteiger partial charge is 0.497 e. The van der Waals surface area contributed by atoms with E-state index in [1.807, 2.05) is 0 Å². The van der Waals surface area contributed by atoms with E-state index in [1.165, 1.54) is 42.9 Å². The standard InChI is InChI=1S/C17H18N2O6S/c1-23-13-3-5-14(6-4-13)26(21,22)19-7-8-25-16-9-12(17(20)24-2)10-18-15(16)11-19/h3-6,9-10H,7-8,11H2,1-2H3. The molecule has 0 bridgehead atoms. The molecular formula is C17H18N2O6S. The summed E-state index contributed by atoms with van der Waals surface area (Å²) in [6.45, 7) is 0.359. The Morgan fingerprint density at radius 1 is 1.23 bits per heavy atom. The summed E-state index contributed by atoms with van der Waals surface area (Å²) < 4.78 is 42.4. The summed E-state index contributed by atoms with van der Waals surface area (Å²) in [4.78, 5) is 16.0. The van der Waals surface area contributed by atoms with Crippen molar-refractivity contribution in [2.45, 2.75) is 11.4 Å². The van der Waals surface area contributed by atoms with Gasteiger partial charge in [-0.2, -0.15) is 4.31 Å². The molecule has 0 radical (unpaired) electrons. The van der Waals surface area contributed by atoms with Crippen molar-refractivity contribution in [2.75, 3.05) is 27.4 Å². The van der Waals surface area contributed by atoms with E-state index >= 15 is 0 Å².